The molecule has 0 aliphatic carbocycles. The fourth-order valence-electron chi connectivity index (χ4n) is 3.86. The van der Waals surface area contributed by atoms with Crippen LogP contribution in [0.3, 0.4) is 0 Å². The van der Waals surface area contributed by atoms with Crippen LogP contribution in [0.1, 0.15) is 41.1 Å². The van der Waals surface area contributed by atoms with Gasteiger partial charge in [-0.15, -0.1) is 11.3 Å². The molecule has 3 rings (SSSR count). The highest BCUT2D eigenvalue weighted by atomic mass is 32.1. The molecule has 1 aliphatic heterocycles. The summed E-state index contributed by atoms with van der Waals surface area (Å²) in [5, 5.41) is 3.68. The maximum atomic E-state index is 12.3. The predicted octanol–water partition coefficient (Wildman–Crippen LogP) is 3.92. The SMILES string of the molecule is COc1cccc(OC)c1CN[C@@H]1CCCN(C(C)=O)[C@H]1c1ccc(C)s1. The molecule has 1 aromatic heterocycles. The average molecular weight is 389 g/mol. The van der Waals surface area contributed by atoms with Gasteiger partial charge in [0.25, 0.3) is 0 Å². The van der Waals surface area contributed by atoms with Gasteiger partial charge in [0.2, 0.25) is 5.91 Å². The van der Waals surface area contributed by atoms with Gasteiger partial charge in [-0.25, -0.2) is 0 Å². The number of hydrogen-bond acceptors (Lipinski definition) is 5. The van der Waals surface area contributed by atoms with Gasteiger partial charge < -0.3 is 19.7 Å². The first-order valence-electron chi connectivity index (χ1n) is 9.32. The van der Waals surface area contributed by atoms with E-state index in [0.29, 0.717) is 6.54 Å². The van der Waals surface area contributed by atoms with Crippen molar-refractivity contribution in [2.45, 2.75) is 45.3 Å². The number of carbonyl (C=O) groups excluding carboxylic acids is 1. The normalized spacial score (nSPS) is 19.8. The zero-order valence-corrected chi connectivity index (χ0v) is 17.3. The number of ether oxygens (including phenoxy) is 2. The molecular formula is C21H28N2O3S. The Kier molecular flexibility index (Phi) is 6.39. The summed E-state index contributed by atoms with van der Waals surface area (Å²) in [6, 6.07) is 10.4. The Morgan fingerprint density at radius 3 is 2.48 bits per heavy atom. The highest BCUT2D eigenvalue weighted by molar-refractivity contribution is 7.12. The molecule has 27 heavy (non-hydrogen) atoms. The number of piperidine rings is 1. The van der Waals surface area contributed by atoms with E-state index in [-0.39, 0.29) is 18.0 Å². The molecule has 2 aromatic rings. The Morgan fingerprint density at radius 2 is 1.93 bits per heavy atom. The Bertz CT molecular complexity index is 767. The topological polar surface area (TPSA) is 50.8 Å². The molecule has 0 bridgehead atoms. The molecule has 6 heteroatoms. The van der Waals surface area contributed by atoms with E-state index in [1.807, 2.05) is 23.1 Å². The molecule has 2 atom stereocenters. The molecule has 1 saturated heterocycles. The monoisotopic (exact) mass is 388 g/mol. The Hall–Kier alpha value is -2.05. The molecule has 0 radical (unpaired) electrons. The second-order valence-corrected chi connectivity index (χ2v) is 8.20. The smallest absolute Gasteiger partial charge is 0.220 e. The van der Waals surface area contributed by atoms with Gasteiger partial charge in [0, 0.05) is 41.4 Å². The molecular weight excluding hydrogens is 360 g/mol. The van der Waals surface area contributed by atoms with Crippen molar-refractivity contribution in [3.63, 3.8) is 0 Å². The van der Waals surface area contributed by atoms with Crippen LogP contribution < -0.4 is 14.8 Å². The molecule has 0 unspecified atom stereocenters. The number of aryl methyl sites for hydroxylation is 1. The van der Waals surface area contributed by atoms with Crippen LogP contribution >= 0.6 is 11.3 Å². The van der Waals surface area contributed by atoms with E-state index >= 15 is 0 Å². The first-order chi connectivity index (χ1) is 13.0. The molecule has 0 spiro atoms. The highest BCUT2D eigenvalue weighted by Crippen LogP contribution is 2.36. The third kappa shape index (κ3) is 4.28. The standard InChI is InChI=1S/C21H28N2O3S/c1-14-10-11-20(27-14)21-17(7-6-12-23(21)15(2)24)22-13-16-18(25-3)8-5-9-19(16)26-4/h5,8-11,17,21-22H,6-7,12-13H2,1-4H3/t17-,21-/m1/s1. The highest BCUT2D eigenvalue weighted by Gasteiger charge is 2.35. The van der Waals surface area contributed by atoms with Gasteiger partial charge in [-0.2, -0.15) is 0 Å². The first-order valence-corrected chi connectivity index (χ1v) is 10.1. The fourth-order valence-corrected chi connectivity index (χ4v) is 4.92. The minimum atomic E-state index is 0.0654. The van der Waals surface area contributed by atoms with Gasteiger partial charge in [0.1, 0.15) is 11.5 Å². The van der Waals surface area contributed by atoms with Crippen LogP contribution in [0.4, 0.5) is 0 Å². The van der Waals surface area contributed by atoms with Crippen molar-refractivity contribution >= 4 is 17.2 Å². The minimum absolute atomic E-state index is 0.0654. The quantitative estimate of drug-likeness (QED) is 0.815. The number of nitrogens with one attached hydrogen (secondary N) is 1. The van der Waals surface area contributed by atoms with Crippen LogP contribution in [0.15, 0.2) is 30.3 Å². The van der Waals surface area contributed by atoms with Crippen LogP contribution in [-0.2, 0) is 11.3 Å². The maximum Gasteiger partial charge on any atom is 0.220 e. The van der Waals surface area contributed by atoms with Crippen molar-refractivity contribution in [3.8, 4) is 11.5 Å². The van der Waals surface area contributed by atoms with Gasteiger partial charge in [0.05, 0.1) is 20.3 Å². The van der Waals surface area contributed by atoms with Crippen LogP contribution in [0, 0.1) is 6.92 Å². The summed E-state index contributed by atoms with van der Waals surface area (Å²) >= 11 is 1.77. The summed E-state index contributed by atoms with van der Waals surface area (Å²) in [5.41, 5.74) is 1.00. The van der Waals surface area contributed by atoms with Gasteiger partial charge in [0.15, 0.2) is 0 Å². The van der Waals surface area contributed by atoms with Crippen LogP contribution in [0.25, 0.3) is 0 Å². The van der Waals surface area contributed by atoms with Gasteiger partial charge in [-0.3, -0.25) is 4.79 Å². The summed E-state index contributed by atoms with van der Waals surface area (Å²) in [7, 11) is 3.35. The number of benzene rings is 1. The molecule has 2 heterocycles. The predicted molar refractivity (Wildman–Crippen MR) is 109 cm³/mol. The number of methoxy groups -OCH3 is 2. The van der Waals surface area contributed by atoms with E-state index < -0.39 is 0 Å². The first kappa shape index (κ1) is 19.7. The van der Waals surface area contributed by atoms with Crippen LogP contribution in [0.2, 0.25) is 0 Å². The zero-order valence-electron chi connectivity index (χ0n) is 16.5. The van der Waals surface area contributed by atoms with Gasteiger partial charge in [-0.05, 0) is 44.0 Å². The fraction of sp³-hybridized carbons (Fsp3) is 0.476. The van der Waals surface area contributed by atoms with Crippen molar-refractivity contribution < 1.29 is 14.3 Å². The summed E-state index contributed by atoms with van der Waals surface area (Å²) < 4.78 is 11.0. The maximum absolute atomic E-state index is 12.3. The lowest BCUT2D eigenvalue weighted by Crippen LogP contribution is -2.49. The Labute approximate surface area is 165 Å². The molecule has 5 nitrogen and oxygen atoms in total. The van der Waals surface area contributed by atoms with E-state index in [2.05, 4.69) is 24.4 Å². The summed E-state index contributed by atoms with van der Waals surface area (Å²) in [5.74, 6) is 1.75. The van der Waals surface area contributed by atoms with E-state index in [0.717, 1.165) is 36.4 Å². The number of hydrogen-bond donors (Lipinski definition) is 1. The van der Waals surface area contributed by atoms with E-state index in [9.17, 15) is 4.79 Å². The Balaban J connectivity index is 1.85. The minimum Gasteiger partial charge on any atom is -0.496 e. The number of carbonyl (C=O) groups is 1. The van der Waals surface area contributed by atoms with Gasteiger partial charge in [-0.1, -0.05) is 6.07 Å². The largest absolute Gasteiger partial charge is 0.496 e. The Morgan fingerprint density at radius 1 is 1.22 bits per heavy atom. The number of thiophene rings is 1. The lowest BCUT2D eigenvalue weighted by Gasteiger charge is -2.41. The van der Waals surface area contributed by atoms with Crippen molar-refractivity contribution in [3.05, 3.63) is 45.6 Å². The van der Waals surface area contributed by atoms with Crippen LogP contribution in [-0.4, -0.2) is 37.6 Å². The summed E-state index contributed by atoms with van der Waals surface area (Å²) in [4.78, 5) is 16.8. The van der Waals surface area contributed by atoms with E-state index in [4.69, 9.17) is 9.47 Å². The van der Waals surface area contributed by atoms with Crippen molar-refractivity contribution in [2.75, 3.05) is 20.8 Å². The van der Waals surface area contributed by atoms with Gasteiger partial charge >= 0.3 is 0 Å². The van der Waals surface area contributed by atoms with Crippen molar-refractivity contribution in [1.82, 2.24) is 10.2 Å². The summed E-state index contributed by atoms with van der Waals surface area (Å²) in [6.45, 7) is 5.22. The van der Waals surface area contributed by atoms with Crippen LogP contribution in [0.5, 0.6) is 11.5 Å². The lowest BCUT2D eigenvalue weighted by molar-refractivity contribution is -0.133. The molecule has 0 saturated carbocycles. The van der Waals surface area contributed by atoms with E-state index in [1.54, 1.807) is 32.5 Å². The second-order valence-electron chi connectivity index (χ2n) is 6.88. The molecule has 146 valence electrons. The van der Waals surface area contributed by atoms with E-state index in [1.165, 1.54) is 9.75 Å². The number of nitrogens with zero attached hydrogens (tertiary/aromatic N) is 1. The molecule has 1 aromatic carbocycles. The summed E-state index contributed by atoms with van der Waals surface area (Å²) in [6.07, 6.45) is 2.03. The molecule has 1 amide bonds. The number of likely N-dealkylation sites (tertiary alicyclic amines) is 1. The third-order valence-electron chi connectivity index (χ3n) is 5.16. The van der Waals surface area contributed by atoms with Crippen molar-refractivity contribution in [1.29, 1.82) is 0 Å². The number of amides is 1. The second kappa shape index (κ2) is 8.76. The molecule has 1 fully saturated rings. The lowest BCUT2D eigenvalue weighted by atomic mass is 9.94. The zero-order chi connectivity index (χ0) is 19.4. The average Bonchev–Trinajstić information content (AvgIpc) is 3.11. The molecule has 1 aliphatic rings. The molecule has 1 N–H and O–H groups in total. The number of rotatable bonds is 6. The van der Waals surface area contributed by atoms with Crippen molar-refractivity contribution in [2.24, 2.45) is 0 Å². The third-order valence-corrected chi connectivity index (χ3v) is 6.23.